The zero-order valence-corrected chi connectivity index (χ0v) is 15.2. The van der Waals surface area contributed by atoms with Crippen molar-refractivity contribution in [3.63, 3.8) is 0 Å². The van der Waals surface area contributed by atoms with Crippen LogP contribution in [0.1, 0.15) is 46.3 Å². The molecule has 2 aromatic carbocycles. The third kappa shape index (κ3) is 4.10. The molecule has 0 radical (unpaired) electrons. The highest BCUT2D eigenvalue weighted by atomic mass is 16.5. The first-order valence-electron chi connectivity index (χ1n) is 9.09. The van der Waals surface area contributed by atoms with Gasteiger partial charge in [0.05, 0.1) is 0 Å². The molecule has 1 aliphatic heterocycles. The number of carbonyl (C=O) groups is 1. The summed E-state index contributed by atoms with van der Waals surface area (Å²) in [6, 6.07) is 16.5. The SMILES string of the molecule is Cc1ccc(C(=O)NC[C@]2(c3ccccc3)CCCOCC2)c(C)c1. The summed E-state index contributed by atoms with van der Waals surface area (Å²) in [5.74, 6) is 0.0120. The van der Waals surface area contributed by atoms with Crippen LogP contribution in [0.3, 0.4) is 0 Å². The second kappa shape index (κ2) is 7.83. The number of carbonyl (C=O) groups excluding carboxylic acids is 1. The number of benzene rings is 2. The lowest BCUT2D eigenvalue weighted by molar-refractivity contribution is 0.0936. The van der Waals surface area contributed by atoms with Gasteiger partial charge in [0.15, 0.2) is 0 Å². The maximum atomic E-state index is 12.7. The second-order valence-electron chi connectivity index (χ2n) is 7.11. The Hall–Kier alpha value is -2.13. The molecule has 25 heavy (non-hydrogen) atoms. The Labute approximate surface area is 150 Å². The van der Waals surface area contributed by atoms with Crippen LogP contribution in [-0.2, 0) is 10.2 Å². The molecular formula is C22H27NO2. The molecule has 0 aliphatic carbocycles. The molecule has 2 aromatic rings. The monoisotopic (exact) mass is 337 g/mol. The minimum atomic E-state index is -0.0496. The topological polar surface area (TPSA) is 38.3 Å². The van der Waals surface area contributed by atoms with Crippen molar-refractivity contribution >= 4 is 5.91 Å². The first kappa shape index (κ1) is 17.7. The Kier molecular flexibility index (Phi) is 5.54. The van der Waals surface area contributed by atoms with E-state index in [1.54, 1.807) is 0 Å². The van der Waals surface area contributed by atoms with E-state index in [1.807, 2.05) is 32.0 Å². The average Bonchev–Trinajstić information content (AvgIpc) is 2.87. The van der Waals surface area contributed by atoms with E-state index in [4.69, 9.17) is 4.74 Å². The van der Waals surface area contributed by atoms with Crippen LogP contribution in [0.15, 0.2) is 48.5 Å². The van der Waals surface area contributed by atoms with E-state index in [-0.39, 0.29) is 11.3 Å². The zero-order chi connectivity index (χ0) is 17.7. The molecule has 1 fully saturated rings. The van der Waals surface area contributed by atoms with Crippen molar-refractivity contribution in [3.05, 3.63) is 70.8 Å². The molecule has 0 bridgehead atoms. The predicted molar refractivity (Wildman–Crippen MR) is 101 cm³/mol. The Balaban J connectivity index is 1.80. The fourth-order valence-corrected chi connectivity index (χ4v) is 3.78. The number of aryl methyl sites for hydroxylation is 2. The van der Waals surface area contributed by atoms with Gasteiger partial charge in [-0.25, -0.2) is 0 Å². The average molecular weight is 337 g/mol. The summed E-state index contributed by atoms with van der Waals surface area (Å²) in [4.78, 5) is 12.7. The van der Waals surface area contributed by atoms with E-state index in [0.29, 0.717) is 6.54 Å². The molecule has 1 aliphatic rings. The highest BCUT2D eigenvalue weighted by Gasteiger charge is 2.33. The lowest BCUT2D eigenvalue weighted by atomic mass is 9.74. The maximum Gasteiger partial charge on any atom is 0.251 e. The molecule has 1 saturated heterocycles. The number of ether oxygens (including phenoxy) is 1. The van der Waals surface area contributed by atoms with Crippen molar-refractivity contribution in [2.45, 2.75) is 38.5 Å². The zero-order valence-electron chi connectivity index (χ0n) is 15.2. The van der Waals surface area contributed by atoms with Crippen molar-refractivity contribution < 1.29 is 9.53 Å². The molecule has 1 amide bonds. The van der Waals surface area contributed by atoms with Crippen LogP contribution in [0.4, 0.5) is 0 Å². The summed E-state index contributed by atoms with van der Waals surface area (Å²) in [6.45, 7) is 6.24. The summed E-state index contributed by atoms with van der Waals surface area (Å²) in [5.41, 5.74) is 4.21. The fraction of sp³-hybridized carbons (Fsp3) is 0.409. The Morgan fingerprint density at radius 3 is 2.64 bits per heavy atom. The van der Waals surface area contributed by atoms with Gasteiger partial charge < -0.3 is 10.1 Å². The molecule has 1 heterocycles. The summed E-state index contributed by atoms with van der Waals surface area (Å²) in [6.07, 6.45) is 2.99. The number of rotatable bonds is 4. The summed E-state index contributed by atoms with van der Waals surface area (Å²) >= 11 is 0. The number of amides is 1. The van der Waals surface area contributed by atoms with Gasteiger partial charge in [-0.3, -0.25) is 4.79 Å². The lowest BCUT2D eigenvalue weighted by Gasteiger charge is -2.33. The van der Waals surface area contributed by atoms with Crippen molar-refractivity contribution in [1.82, 2.24) is 5.32 Å². The van der Waals surface area contributed by atoms with Crippen molar-refractivity contribution in [3.8, 4) is 0 Å². The number of hydrogen-bond donors (Lipinski definition) is 1. The van der Waals surface area contributed by atoms with Gasteiger partial charge in [-0.05, 0) is 50.3 Å². The standard InChI is InChI=1S/C22H27NO2/c1-17-9-10-20(18(2)15-17)21(24)23-16-22(11-6-13-25-14-12-22)19-7-4-3-5-8-19/h3-5,7-10,15H,6,11-14,16H2,1-2H3,(H,23,24)/t22-/m0/s1. The van der Waals surface area contributed by atoms with Crippen LogP contribution in [0, 0.1) is 13.8 Å². The minimum absolute atomic E-state index is 0.0120. The normalized spacial score (nSPS) is 20.7. The molecule has 0 unspecified atom stereocenters. The maximum absolute atomic E-state index is 12.7. The molecule has 3 nitrogen and oxygen atoms in total. The van der Waals surface area contributed by atoms with Crippen LogP contribution in [0.5, 0.6) is 0 Å². The van der Waals surface area contributed by atoms with Crippen LogP contribution >= 0.6 is 0 Å². The van der Waals surface area contributed by atoms with E-state index in [9.17, 15) is 4.79 Å². The number of nitrogens with one attached hydrogen (secondary N) is 1. The van der Waals surface area contributed by atoms with E-state index in [0.717, 1.165) is 43.6 Å². The van der Waals surface area contributed by atoms with Gasteiger partial charge in [-0.1, -0.05) is 48.0 Å². The summed E-state index contributed by atoms with van der Waals surface area (Å²) in [7, 11) is 0. The van der Waals surface area contributed by atoms with Crippen LogP contribution in [0.25, 0.3) is 0 Å². The Bertz CT molecular complexity index is 716. The summed E-state index contributed by atoms with van der Waals surface area (Å²) in [5, 5.41) is 3.20. The molecule has 3 rings (SSSR count). The summed E-state index contributed by atoms with van der Waals surface area (Å²) < 4.78 is 5.68. The molecule has 132 valence electrons. The van der Waals surface area contributed by atoms with E-state index in [1.165, 1.54) is 11.1 Å². The van der Waals surface area contributed by atoms with Gasteiger partial charge in [0.2, 0.25) is 0 Å². The van der Waals surface area contributed by atoms with Gasteiger partial charge in [0, 0.05) is 30.7 Å². The van der Waals surface area contributed by atoms with Crippen LogP contribution in [0.2, 0.25) is 0 Å². The molecule has 0 saturated carbocycles. The van der Waals surface area contributed by atoms with Crippen molar-refractivity contribution in [1.29, 1.82) is 0 Å². The predicted octanol–water partition coefficient (Wildman–Crippen LogP) is 4.17. The molecule has 3 heteroatoms. The first-order valence-corrected chi connectivity index (χ1v) is 9.09. The van der Waals surface area contributed by atoms with E-state index < -0.39 is 0 Å². The third-order valence-corrected chi connectivity index (χ3v) is 5.27. The first-order chi connectivity index (χ1) is 12.1. The van der Waals surface area contributed by atoms with Gasteiger partial charge >= 0.3 is 0 Å². The molecule has 1 atom stereocenters. The van der Waals surface area contributed by atoms with Crippen LogP contribution in [-0.4, -0.2) is 25.7 Å². The fourth-order valence-electron chi connectivity index (χ4n) is 3.78. The highest BCUT2D eigenvalue weighted by molar-refractivity contribution is 5.95. The van der Waals surface area contributed by atoms with E-state index >= 15 is 0 Å². The molecule has 1 N–H and O–H groups in total. The smallest absolute Gasteiger partial charge is 0.251 e. The minimum Gasteiger partial charge on any atom is -0.381 e. The van der Waals surface area contributed by atoms with Gasteiger partial charge in [0.1, 0.15) is 0 Å². The van der Waals surface area contributed by atoms with Gasteiger partial charge in [-0.2, -0.15) is 0 Å². The largest absolute Gasteiger partial charge is 0.381 e. The quantitative estimate of drug-likeness (QED) is 0.909. The van der Waals surface area contributed by atoms with E-state index in [2.05, 4.69) is 35.6 Å². The van der Waals surface area contributed by atoms with Gasteiger partial charge in [0.25, 0.3) is 5.91 Å². The molecule has 0 aromatic heterocycles. The second-order valence-corrected chi connectivity index (χ2v) is 7.11. The molecule has 0 spiro atoms. The lowest BCUT2D eigenvalue weighted by Crippen LogP contribution is -2.41. The van der Waals surface area contributed by atoms with Crippen molar-refractivity contribution in [2.24, 2.45) is 0 Å². The number of hydrogen-bond acceptors (Lipinski definition) is 2. The third-order valence-electron chi connectivity index (χ3n) is 5.27. The Morgan fingerprint density at radius 1 is 1.08 bits per heavy atom. The van der Waals surface area contributed by atoms with Gasteiger partial charge in [-0.15, -0.1) is 0 Å². The van der Waals surface area contributed by atoms with Crippen LogP contribution < -0.4 is 5.32 Å². The Morgan fingerprint density at radius 2 is 1.88 bits per heavy atom. The molecular weight excluding hydrogens is 310 g/mol. The van der Waals surface area contributed by atoms with Crippen molar-refractivity contribution in [2.75, 3.05) is 19.8 Å². The highest BCUT2D eigenvalue weighted by Crippen LogP contribution is 2.34.